The second-order valence-electron chi connectivity index (χ2n) is 6.23. The van der Waals surface area contributed by atoms with Crippen LogP contribution in [0.15, 0.2) is 47.3 Å². The van der Waals surface area contributed by atoms with E-state index in [0.717, 1.165) is 11.1 Å². The number of carbonyl (C=O) groups is 1. The number of aromatic nitrogens is 2. The zero-order chi connectivity index (χ0) is 21.0. The van der Waals surface area contributed by atoms with E-state index in [9.17, 15) is 13.6 Å². The number of amides is 2. The van der Waals surface area contributed by atoms with Crippen LogP contribution in [-0.4, -0.2) is 23.0 Å². The smallest absolute Gasteiger partial charge is 0.320 e. The van der Waals surface area contributed by atoms with Crippen LogP contribution in [0.4, 0.5) is 30.8 Å². The number of anilines is 3. The van der Waals surface area contributed by atoms with Gasteiger partial charge in [-0.2, -0.15) is 0 Å². The number of rotatable bonds is 5. The Labute approximate surface area is 174 Å². The maximum atomic E-state index is 14.7. The second kappa shape index (κ2) is 8.95. The number of pyridine rings is 2. The van der Waals surface area contributed by atoms with Crippen LogP contribution in [-0.2, 0) is 6.42 Å². The zero-order valence-corrected chi connectivity index (χ0v) is 17.3. The minimum absolute atomic E-state index is 0.154. The van der Waals surface area contributed by atoms with Gasteiger partial charge in [0.05, 0.1) is 17.6 Å². The molecule has 6 nitrogen and oxygen atoms in total. The summed E-state index contributed by atoms with van der Waals surface area (Å²) in [6.45, 7) is 1.85. The highest BCUT2D eigenvalue weighted by molar-refractivity contribution is 9.10. The van der Waals surface area contributed by atoms with Crippen LogP contribution in [0.25, 0.3) is 0 Å². The summed E-state index contributed by atoms with van der Waals surface area (Å²) < 4.78 is 29.5. The number of nitrogens with zero attached hydrogens (tertiary/aromatic N) is 2. The van der Waals surface area contributed by atoms with Gasteiger partial charge in [0.2, 0.25) is 0 Å². The quantitative estimate of drug-likeness (QED) is 0.504. The molecule has 0 saturated carbocycles. The predicted octanol–water partition coefficient (Wildman–Crippen LogP) is 4.91. The molecule has 0 aliphatic rings. The second-order valence-corrected chi connectivity index (χ2v) is 7.15. The van der Waals surface area contributed by atoms with Crippen molar-refractivity contribution in [3.05, 3.63) is 75.7 Å². The number of urea groups is 1. The highest BCUT2D eigenvalue weighted by Gasteiger charge is 2.15. The maximum absolute atomic E-state index is 14.7. The van der Waals surface area contributed by atoms with Gasteiger partial charge in [0, 0.05) is 30.3 Å². The average molecular weight is 462 g/mol. The molecule has 29 heavy (non-hydrogen) atoms. The van der Waals surface area contributed by atoms with E-state index < -0.39 is 17.7 Å². The first kappa shape index (κ1) is 20.7. The van der Waals surface area contributed by atoms with Gasteiger partial charge in [-0.05, 0) is 47.9 Å². The Balaban J connectivity index is 1.87. The Bertz CT molecular complexity index is 1060. The summed E-state index contributed by atoms with van der Waals surface area (Å²) in [7, 11) is 1.43. The summed E-state index contributed by atoms with van der Waals surface area (Å²) in [6, 6.07) is 5.69. The van der Waals surface area contributed by atoms with Crippen LogP contribution in [0.2, 0.25) is 0 Å². The Morgan fingerprint density at radius 1 is 1.14 bits per heavy atom. The normalized spacial score (nSPS) is 10.5. The molecule has 150 valence electrons. The molecule has 0 spiro atoms. The molecule has 3 aromatic rings. The number of carbonyl (C=O) groups excluding carboxylic acids is 1. The lowest BCUT2D eigenvalue weighted by Gasteiger charge is -2.14. The van der Waals surface area contributed by atoms with Gasteiger partial charge in [0.15, 0.2) is 11.6 Å². The molecule has 0 bridgehead atoms. The van der Waals surface area contributed by atoms with Crippen LogP contribution < -0.4 is 16.0 Å². The van der Waals surface area contributed by atoms with Crippen LogP contribution in [0.1, 0.15) is 16.7 Å². The molecule has 1 aromatic carbocycles. The van der Waals surface area contributed by atoms with Crippen molar-refractivity contribution in [1.29, 1.82) is 0 Å². The lowest BCUT2D eigenvalue weighted by Crippen LogP contribution is -2.25. The first-order chi connectivity index (χ1) is 13.9. The molecule has 3 rings (SSSR count). The highest BCUT2D eigenvalue weighted by atomic mass is 79.9. The highest BCUT2D eigenvalue weighted by Crippen LogP contribution is 2.28. The lowest BCUT2D eigenvalue weighted by atomic mass is 10.0. The minimum Gasteiger partial charge on any atom is -0.352 e. The molecular weight excluding hydrogens is 444 g/mol. The van der Waals surface area contributed by atoms with Gasteiger partial charge >= 0.3 is 6.03 Å². The topological polar surface area (TPSA) is 78.9 Å². The van der Waals surface area contributed by atoms with Gasteiger partial charge in [-0.15, -0.1) is 0 Å². The molecule has 3 N–H and O–H groups in total. The molecule has 0 aliphatic heterocycles. The van der Waals surface area contributed by atoms with Gasteiger partial charge in [0.1, 0.15) is 5.82 Å². The van der Waals surface area contributed by atoms with Gasteiger partial charge < -0.3 is 10.6 Å². The average Bonchev–Trinajstić information content (AvgIpc) is 2.69. The molecule has 0 radical (unpaired) electrons. The molecule has 0 unspecified atom stereocenters. The standard InChI is InChI=1S/C20H18BrF2N5O/c1-11-13(7-12-5-6-26-19(18(12)23)28-20(29)24-2)9-25-10-17(11)27-16-4-3-14(21)8-15(16)22/h3-6,8-10,27H,7H2,1-2H3,(H2,24,26,28,29). The molecule has 2 heterocycles. The van der Waals surface area contributed by atoms with E-state index in [1.807, 2.05) is 6.92 Å². The van der Waals surface area contributed by atoms with E-state index in [1.54, 1.807) is 24.5 Å². The Hall–Kier alpha value is -3.07. The predicted molar refractivity (Wildman–Crippen MR) is 111 cm³/mol. The monoisotopic (exact) mass is 461 g/mol. The molecule has 2 aromatic heterocycles. The van der Waals surface area contributed by atoms with Crippen molar-refractivity contribution in [2.24, 2.45) is 0 Å². The van der Waals surface area contributed by atoms with E-state index in [0.29, 0.717) is 21.4 Å². The van der Waals surface area contributed by atoms with E-state index >= 15 is 0 Å². The van der Waals surface area contributed by atoms with Crippen LogP contribution in [0.3, 0.4) is 0 Å². The van der Waals surface area contributed by atoms with Crippen LogP contribution in [0, 0.1) is 18.6 Å². The number of halogens is 3. The van der Waals surface area contributed by atoms with Gasteiger partial charge in [-0.1, -0.05) is 15.9 Å². The van der Waals surface area contributed by atoms with Gasteiger partial charge in [-0.25, -0.2) is 18.6 Å². The van der Waals surface area contributed by atoms with Crippen molar-refractivity contribution in [1.82, 2.24) is 15.3 Å². The summed E-state index contributed by atoms with van der Waals surface area (Å²) in [5.74, 6) is -1.18. The fraction of sp³-hybridized carbons (Fsp3) is 0.150. The Kier molecular flexibility index (Phi) is 6.38. The molecule has 0 saturated heterocycles. The minimum atomic E-state index is -0.618. The summed E-state index contributed by atoms with van der Waals surface area (Å²) in [5.41, 5.74) is 2.83. The van der Waals surface area contributed by atoms with E-state index in [4.69, 9.17) is 0 Å². The third-order valence-electron chi connectivity index (χ3n) is 4.33. The number of hydrogen-bond donors (Lipinski definition) is 3. The maximum Gasteiger partial charge on any atom is 0.320 e. The third kappa shape index (κ3) is 4.86. The largest absolute Gasteiger partial charge is 0.352 e. The molecule has 2 amide bonds. The lowest BCUT2D eigenvalue weighted by molar-refractivity contribution is 0.253. The van der Waals surface area contributed by atoms with Crippen molar-refractivity contribution in [2.45, 2.75) is 13.3 Å². The summed E-state index contributed by atoms with van der Waals surface area (Å²) in [6.07, 6.45) is 4.87. The molecular formula is C20H18BrF2N5O. The fourth-order valence-electron chi connectivity index (χ4n) is 2.69. The van der Waals surface area contributed by atoms with E-state index in [2.05, 4.69) is 41.8 Å². The molecule has 0 fully saturated rings. The van der Waals surface area contributed by atoms with Crippen molar-refractivity contribution >= 4 is 39.2 Å². The van der Waals surface area contributed by atoms with E-state index in [-0.39, 0.29) is 12.2 Å². The third-order valence-corrected chi connectivity index (χ3v) is 4.82. The summed E-state index contributed by atoms with van der Waals surface area (Å²) in [5, 5.41) is 7.72. The molecule has 0 aliphatic carbocycles. The fourth-order valence-corrected chi connectivity index (χ4v) is 3.02. The number of benzene rings is 1. The molecule has 9 heteroatoms. The molecule has 0 atom stereocenters. The van der Waals surface area contributed by atoms with Gasteiger partial charge in [0.25, 0.3) is 0 Å². The van der Waals surface area contributed by atoms with Crippen molar-refractivity contribution in [2.75, 3.05) is 17.7 Å². The first-order valence-corrected chi connectivity index (χ1v) is 9.46. The van der Waals surface area contributed by atoms with E-state index in [1.165, 1.54) is 25.4 Å². The van der Waals surface area contributed by atoms with Crippen LogP contribution >= 0.6 is 15.9 Å². The SMILES string of the molecule is CNC(=O)Nc1nccc(Cc2cncc(Nc3ccc(Br)cc3F)c2C)c1F. The van der Waals surface area contributed by atoms with Crippen molar-refractivity contribution in [3.63, 3.8) is 0 Å². The Morgan fingerprint density at radius 2 is 1.93 bits per heavy atom. The van der Waals surface area contributed by atoms with Crippen molar-refractivity contribution in [3.8, 4) is 0 Å². The van der Waals surface area contributed by atoms with Crippen molar-refractivity contribution < 1.29 is 13.6 Å². The summed E-state index contributed by atoms with van der Waals surface area (Å²) >= 11 is 3.23. The van der Waals surface area contributed by atoms with Crippen LogP contribution in [0.5, 0.6) is 0 Å². The Morgan fingerprint density at radius 3 is 2.66 bits per heavy atom. The summed E-state index contributed by atoms with van der Waals surface area (Å²) in [4.78, 5) is 19.5. The first-order valence-electron chi connectivity index (χ1n) is 8.66. The van der Waals surface area contributed by atoms with Gasteiger partial charge in [-0.3, -0.25) is 10.3 Å². The zero-order valence-electron chi connectivity index (χ0n) is 15.7. The number of nitrogens with one attached hydrogen (secondary N) is 3. The number of hydrogen-bond acceptors (Lipinski definition) is 4.